The lowest BCUT2D eigenvalue weighted by Gasteiger charge is -2.04. The van der Waals surface area contributed by atoms with E-state index in [2.05, 4.69) is 5.10 Å². The summed E-state index contributed by atoms with van der Waals surface area (Å²) in [7, 11) is -3.95. The minimum absolute atomic E-state index is 0.0603. The number of sulfone groups is 1. The molecule has 0 aliphatic rings. The van der Waals surface area contributed by atoms with Crippen molar-refractivity contribution >= 4 is 27.5 Å². The Morgan fingerprint density at radius 2 is 1.74 bits per heavy atom. The van der Waals surface area contributed by atoms with E-state index in [1.807, 2.05) is 37.3 Å². The number of hydrogen-bond donors (Lipinski definition) is 0. The number of nitriles is 1. The second-order valence-electron chi connectivity index (χ2n) is 5.97. The molecule has 3 rings (SSSR count). The highest BCUT2D eigenvalue weighted by Crippen LogP contribution is 2.28. The Kier molecular flexibility index (Phi) is 5.17. The Morgan fingerprint density at radius 1 is 1.11 bits per heavy atom. The highest BCUT2D eigenvalue weighted by molar-refractivity contribution is 7.95. The van der Waals surface area contributed by atoms with E-state index in [4.69, 9.17) is 11.6 Å². The molecule has 0 saturated heterocycles. The van der Waals surface area contributed by atoms with Crippen LogP contribution >= 0.6 is 11.6 Å². The van der Waals surface area contributed by atoms with Crippen molar-refractivity contribution in [3.8, 4) is 11.8 Å². The summed E-state index contributed by atoms with van der Waals surface area (Å²) < 4.78 is 27.1. The lowest BCUT2D eigenvalue weighted by atomic mass is 10.2. The normalized spacial score (nSPS) is 12.0. The van der Waals surface area contributed by atoms with E-state index in [1.54, 1.807) is 25.1 Å². The first-order chi connectivity index (χ1) is 12.8. The molecule has 0 bridgehead atoms. The van der Waals surface area contributed by atoms with E-state index < -0.39 is 9.84 Å². The first kappa shape index (κ1) is 18.9. The maximum Gasteiger partial charge on any atom is 0.216 e. The quantitative estimate of drug-likeness (QED) is 0.608. The van der Waals surface area contributed by atoms with Crippen LogP contribution in [-0.4, -0.2) is 18.2 Å². The lowest BCUT2D eigenvalue weighted by Crippen LogP contribution is -2.03. The van der Waals surface area contributed by atoms with Crippen LogP contribution in [-0.2, 0) is 9.84 Å². The Labute approximate surface area is 163 Å². The summed E-state index contributed by atoms with van der Waals surface area (Å²) in [6.45, 7) is 3.57. The predicted octanol–water partition coefficient (Wildman–Crippen LogP) is 4.48. The Balaban J connectivity index is 2.11. The lowest BCUT2D eigenvalue weighted by molar-refractivity contribution is 0.603. The molecule has 136 valence electrons. The van der Waals surface area contributed by atoms with Crippen LogP contribution in [0.1, 0.15) is 16.8 Å². The van der Waals surface area contributed by atoms with Gasteiger partial charge in [-0.2, -0.15) is 10.4 Å². The molecule has 0 unspecified atom stereocenters. The van der Waals surface area contributed by atoms with Crippen molar-refractivity contribution in [2.24, 2.45) is 0 Å². The van der Waals surface area contributed by atoms with Gasteiger partial charge in [-0.05, 0) is 44.2 Å². The van der Waals surface area contributed by atoms with Gasteiger partial charge in [-0.1, -0.05) is 47.5 Å². The molecule has 0 amide bonds. The van der Waals surface area contributed by atoms with E-state index in [1.165, 1.54) is 22.9 Å². The maximum absolute atomic E-state index is 12.8. The minimum Gasteiger partial charge on any atom is -0.221 e. The summed E-state index contributed by atoms with van der Waals surface area (Å²) in [5, 5.41) is 14.1. The van der Waals surface area contributed by atoms with Crippen molar-refractivity contribution in [2.75, 3.05) is 0 Å². The second kappa shape index (κ2) is 7.39. The SMILES string of the molecule is Cc1ccc(S(=O)(=O)/C(C#N)=C/c2c(C)nn(-c3ccccc3)c2Cl)cc1. The third kappa shape index (κ3) is 3.65. The van der Waals surface area contributed by atoms with Gasteiger partial charge in [0.05, 0.1) is 16.3 Å². The van der Waals surface area contributed by atoms with Crippen molar-refractivity contribution in [1.82, 2.24) is 9.78 Å². The van der Waals surface area contributed by atoms with Crippen molar-refractivity contribution in [3.63, 3.8) is 0 Å². The van der Waals surface area contributed by atoms with E-state index in [-0.39, 0.29) is 15.0 Å². The fourth-order valence-corrected chi connectivity index (χ4v) is 4.03. The predicted molar refractivity (Wildman–Crippen MR) is 105 cm³/mol. The van der Waals surface area contributed by atoms with E-state index in [9.17, 15) is 13.7 Å². The Hall–Kier alpha value is -2.88. The number of nitrogens with zero attached hydrogens (tertiary/aromatic N) is 3. The number of aromatic nitrogens is 2. The van der Waals surface area contributed by atoms with Crippen LogP contribution in [0.15, 0.2) is 64.4 Å². The van der Waals surface area contributed by atoms with Crippen molar-refractivity contribution < 1.29 is 8.42 Å². The summed E-state index contributed by atoms with van der Waals surface area (Å²) in [4.78, 5) is -0.325. The largest absolute Gasteiger partial charge is 0.221 e. The molecule has 0 N–H and O–H groups in total. The zero-order valence-electron chi connectivity index (χ0n) is 14.7. The van der Waals surface area contributed by atoms with Crippen molar-refractivity contribution in [1.29, 1.82) is 5.26 Å². The number of rotatable bonds is 4. The van der Waals surface area contributed by atoms with Gasteiger partial charge in [-0.3, -0.25) is 0 Å². The molecule has 0 spiro atoms. The van der Waals surface area contributed by atoms with Gasteiger partial charge < -0.3 is 0 Å². The number of benzene rings is 2. The van der Waals surface area contributed by atoms with Gasteiger partial charge >= 0.3 is 0 Å². The fourth-order valence-electron chi connectivity index (χ4n) is 2.56. The summed E-state index contributed by atoms with van der Waals surface area (Å²) in [6.07, 6.45) is 1.28. The zero-order chi connectivity index (χ0) is 19.6. The third-order valence-corrected chi connectivity index (χ3v) is 6.10. The molecule has 0 atom stereocenters. The van der Waals surface area contributed by atoms with Gasteiger partial charge in [0.15, 0.2) is 0 Å². The molecule has 27 heavy (non-hydrogen) atoms. The molecule has 0 radical (unpaired) electrons. The smallest absolute Gasteiger partial charge is 0.216 e. The number of allylic oxidation sites excluding steroid dienone is 1. The van der Waals surface area contributed by atoms with Crippen LogP contribution in [0.4, 0.5) is 0 Å². The monoisotopic (exact) mass is 397 g/mol. The first-order valence-corrected chi connectivity index (χ1v) is 9.95. The van der Waals surface area contributed by atoms with Crippen LogP contribution in [0.2, 0.25) is 5.15 Å². The summed E-state index contributed by atoms with van der Waals surface area (Å²) in [5.74, 6) is 0. The highest BCUT2D eigenvalue weighted by Gasteiger charge is 2.23. The second-order valence-corrected chi connectivity index (χ2v) is 8.25. The van der Waals surface area contributed by atoms with Gasteiger partial charge in [-0.25, -0.2) is 13.1 Å². The average molecular weight is 398 g/mol. The highest BCUT2D eigenvalue weighted by atomic mass is 35.5. The molecule has 1 aromatic heterocycles. The Morgan fingerprint density at radius 3 is 2.33 bits per heavy atom. The van der Waals surface area contributed by atoms with Gasteiger partial charge in [0.2, 0.25) is 9.84 Å². The maximum atomic E-state index is 12.8. The van der Waals surface area contributed by atoms with Gasteiger partial charge in [-0.15, -0.1) is 0 Å². The van der Waals surface area contributed by atoms with Crippen molar-refractivity contribution in [2.45, 2.75) is 18.7 Å². The van der Waals surface area contributed by atoms with Gasteiger partial charge in [0, 0.05) is 5.56 Å². The molecule has 0 saturated carbocycles. The van der Waals surface area contributed by atoms with Crippen LogP contribution in [0.3, 0.4) is 0 Å². The van der Waals surface area contributed by atoms with Crippen LogP contribution in [0.25, 0.3) is 11.8 Å². The molecule has 1 heterocycles. The third-order valence-electron chi connectivity index (χ3n) is 4.06. The van der Waals surface area contributed by atoms with E-state index >= 15 is 0 Å². The summed E-state index contributed by atoms with van der Waals surface area (Å²) in [6, 6.07) is 17.4. The standard InChI is InChI=1S/C20H16ClN3O2S/c1-14-8-10-17(11-9-14)27(25,26)18(13-22)12-19-15(2)23-24(20(19)21)16-6-4-3-5-7-16/h3-12H,1-2H3/b18-12+. The molecule has 0 aliphatic heterocycles. The molecule has 3 aromatic rings. The summed E-state index contributed by atoms with van der Waals surface area (Å²) >= 11 is 6.43. The number of hydrogen-bond acceptors (Lipinski definition) is 4. The van der Waals surface area contributed by atoms with E-state index in [0.29, 0.717) is 11.3 Å². The Bertz CT molecular complexity index is 1160. The number of aryl methyl sites for hydroxylation is 2. The van der Waals surface area contributed by atoms with Crippen LogP contribution in [0, 0.1) is 25.2 Å². The van der Waals surface area contributed by atoms with Gasteiger partial charge in [0.1, 0.15) is 16.1 Å². The molecule has 7 heteroatoms. The molecule has 2 aromatic carbocycles. The van der Waals surface area contributed by atoms with Gasteiger partial charge in [0.25, 0.3) is 0 Å². The summed E-state index contributed by atoms with van der Waals surface area (Å²) in [5.41, 5.74) is 2.59. The molecular formula is C20H16ClN3O2S. The number of halogens is 1. The number of para-hydroxylation sites is 1. The zero-order valence-corrected chi connectivity index (χ0v) is 16.3. The first-order valence-electron chi connectivity index (χ1n) is 8.08. The van der Waals surface area contributed by atoms with Crippen LogP contribution < -0.4 is 0 Å². The van der Waals surface area contributed by atoms with E-state index in [0.717, 1.165) is 11.3 Å². The van der Waals surface area contributed by atoms with Crippen LogP contribution in [0.5, 0.6) is 0 Å². The molecule has 0 fully saturated rings. The topological polar surface area (TPSA) is 75.8 Å². The average Bonchev–Trinajstić information content (AvgIpc) is 2.94. The molecule has 0 aliphatic carbocycles. The minimum atomic E-state index is -3.95. The molecule has 5 nitrogen and oxygen atoms in total. The fraction of sp³-hybridized carbons (Fsp3) is 0.100. The molecular weight excluding hydrogens is 382 g/mol. The van der Waals surface area contributed by atoms with Crippen molar-refractivity contribution in [3.05, 3.63) is 81.5 Å².